The van der Waals surface area contributed by atoms with Crippen LogP contribution in [0.3, 0.4) is 0 Å². The lowest BCUT2D eigenvalue weighted by Gasteiger charge is -2.29. The van der Waals surface area contributed by atoms with Gasteiger partial charge in [-0.1, -0.05) is 19.9 Å². The highest BCUT2D eigenvalue weighted by Gasteiger charge is 2.33. The first kappa shape index (κ1) is 14.4. The molecule has 1 aromatic heterocycles. The van der Waals surface area contributed by atoms with Gasteiger partial charge in [0.1, 0.15) is 0 Å². The first-order valence-corrected chi connectivity index (χ1v) is 8.01. The zero-order valence-corrected chi connectivity index (χ0v) is 13.0. The molecule has 1 aliphatic rings. The quantitative estimate of drug-likeness (QED) is 0.602. The number of nitrogens with zero attached hydrogens (tertiary/aromatic N) is 1. The summed E-state index contributed by atoms with van der Waals surface area (Å²) in [6.07, 6.45) is 3.62. The number of ketones is 1. The van der Waals surface area contributed by atoms with Crippen LogP contribution in [0.1, 0.15) is 42.0 Å². The van der Waals surface area contributed by atoms with E-state index in [1.165, 1.54) is 11.4 Å². The summed E-state index contributed by atoms with van der Waals surface area (Å²) in [5, 5.41) is 0. The predicted octanol–water partition coefficient (Wildman–Crippen LogP) is 3.87. The molecule has 1 heterocycles. The molecule has 1 aromatic rings. The zero-order valence-electron chi connectivity index (χ0n) is 12.2. The van der Waals surface area contributed by atoms with Crippen LogP contribution in [-0.2, 0) is 13.0 Å². The summed E-state index contributed by atoms with van der Waals surface area (Å²) in [7, 11) is 0. The van der Waals surface area contributed by atoms with Crippen molar-refractivity contribution in [2.24, 2.45) is 5.41 Å². The molecular formula is C16H23NOS. The van der Waals surface area contributed by atoms with E-state index in [-0.39, 0.29) is 5.41 Å². The van der Waals surface area contributed by atoms with E-state index in [2.05, 4.69) is 38.0 Å². The van der Waals surface area contributed by atoms with Crippen LogP contribution in [0, 0.1) is 12.3 Å². The maximum absolute atomic E-state index is 12.2. The Morgan fingerprint density at radius 3 is 2.89 bits per heavy atom. The van der Waals surface area contributed by atoms with Crippen LogP contribution in [0.25, 0.3) is 0 Å². The van der Waals surface area contributed by atoms with E-state index in [4.69, 9.17) is 0 Å². The topological polar surface area (TPSA) is 22.0 Å². The van der Waals surface area contributed by atoms with E-state index in [0.717, 1.165) is 30.0 Å². The van der Waals surface area contributed by atoms with Crippen molar-refractivity contribution in [1.29, 1.82) is 0 Å². The molecule has 0 radical (unpaired) electrons. The fourth-order valence-electron chi connectivity index (χ4n) is 2.84. The summed E-state index contributed by atoms with van der Waals surface area (Å²) in [6.45, 7) is 11.2. The first-order valence-electron chi connectivity index (χ1n) is 6.85. The molecule has 0 aliphatic heterocycles. The van der Waals surface area contributed by atoms with Gasteiger partial charge in [-0.3, -0.25) is 4.79 Å². The molecule has 19 heavy (non-hydrogen) atoms. The maximum Gasteiger partial charge on any atom is 0.165 e. The number of fused-ring (bicyclic) bond motifs is 1. The first-order chi connectivity index (χ1) is 8.94. The van der Waals surface area contributed by atoms with Crippen LogP contribution < -0.4 is 0 Å². The summed E-state index contributed by atoms with van der Waals surface area (Å²) in [4.78, 5) is 12.2. The average Bonchev–Trinajstić information content (AvgIpc) is 2.61. The second kappa shape index (κ2) is 5.58. The number of aryl methyl sites for hydroxylation is 1. The fraction of sp³-hybridized carbons (Fsp3) is 0.562. The van der Waals surface area contributed by atoms with Crippen LogP contribution >= 0.6 is 11.8 Å². The average molecular weight is 277 g/mol. The minimum absolute atomic E-state index is 0.0981. The van der Waals surface area contributed by atoms with Crippen molar-refractivity contribution in [3.63, 3.8) is 0 Å². The predicted molar refractivity (Wildman–Crippen MR) is 83.1 cm³/mol. The lowest BCUT2D eigenvalue weighted by Crippen LogP contribution is -2.28. The van der Waals surface area contributed by atoms with E-state index in [9.17, 15) is 4.79 Å². The van der Waals surface area contributed by atoms with Crippen molar-refractivity contribution in [1.82, 2.24) is 4.57 Å². The summed E-state index contributed by atoms with van der Waals surface area (Å²) < 4.78 is 2.34. The van der Waals surface area contributed by atoms with E-state index in [1.807, 2.05) is 17.8 Å². The number of carbonyl (C=O) groups excluding carboxylic acids is 1. The van der Waals surface area contributed by atoms with Gasteiger partial charge in [0.05, 0.1) is 0 Å². The Balaban J connectivity index is 2.21. The van der Waals surface area contributed by atoms with E-state index >= 15 is 0 Å². The number of thioether (sulfide) groups is 1. The molecule has 1 aliphatic carbocycles. The highest BCUT2D eigenvalue weighted by molar-refractivity contribution is 7.99. The van der Waals surface area contributed by atoms with Gasteiger partial charge in [-0.15, -0.1) is 6.58 Å². The standard InChI is InChI=1S/C16H23NOS/c1-5-7-19-8-6-17-12(2)9-13-14(17)10-16(3,4)11-15(13)18/h5,9H,1,6-8,10-11H2,2-4H3. The molecular weight excluding hydrogens is 254 g/mol. The van der Waals surface area contributed by atoms with Crippen LogP contribution in [0.2, 0.25) is 0 Å². The van der Waals surface area contributed by atoms with Crippen LogP contribution in [0.5, 0.6) is 0 Å². The third kappa shape index (κ3) is 3.14. The molecule has 3 heteroatoms. The second-order valence-corrected chi connectivity index (χ2v) is 7.25. The molecule has 2 rings (SSSR count). The minimum Gasteiger partial charge on any atom is -0.347 e. The van der Waals surface area contributed by atoms with Crippen molar-refractivity contribution in [3.8, 4) is 0 Å². The monoisotopic (exact) mass is 277 g/mol. The Labute approximate surface area is 120 Å². The van der Waals surface area contributed by atoms with Gasteiger partial charge >= 0.3 is 0 Å². The van der Waals surface area contributed by atoms with Gasteiger partial charge in [-0.2, -0.15) is 11.8 Å². The van der Waals surface area contributed by atoms with Crippen molar-refractivity contribution in [2.45, 2.75) is 40.2 Å². The van der Waals surface area contributed by atoms with Crippen molar-refractivity contribution < 1.29 is 4.79 Å². The molecule has 2 nitrogen and oxygen atoms in total. The molecule has 0 saturated carbocycles. The summed E-state index contributed by atoms with van der Waals surface area (Å²) in [6, 6.07) is 2.07. The Morgan fingerprint density at radius 1 is 1.47 bits per heavy atom. The molecule has 0 amide bonds. The number of Topliss-reactive ketones (excluding diaryl/α,β-unsaturated/α-hetero) is 1. The lowest BCUT2D eigenvalue weighted by molar-refractivity contribution is 0.0910. The number of carbonyl (C=O) groups is 1. The molecule has 0 N–H and O–H groups in total. The third-order valence-corrected chi connectivity index (χ3v) is 4.64. The van der Waals surface area contributed by atoms with Gasteiger partial charge in [-0.25, -0.2) is 0 Å². The highest BCUT2D eigenvalue weighted by atomic mass is 32.2. The minimum atomic E-state index is 0.0981. The van der Waals surface area contributed by atoms with Gasteiger partial charge in [0, 0.05) is 41.4 Å². The SMILES string of the molecule is C=CCSCCn1c(C)cc2c1CC(C)(C)CC2=O. The maximum atomic E-state index is 12.2. The summed E-state index contributed by atoms with van der Waals surface area (Å²) in [5.41, 5.74) is 3.53. The molecule has 0 aromatic carbocycles. The molecule has 104 valence electrons. The molecule has 0 saturated heterocycles. The lowest BCUT2D eigenvalue weighted by atomic mass is 9.76. The fourth-order valence-corrected chi connectivity index (χ4v) is 3.48. The van der Waals surface area contributed by atoms with Crippen LogP contribution in [0.15, 0.2) is 18.7 Å². The molecule has 0 spiro atoms. The molecule has 0 unspecified atom stereocenters. The second-order valence-electron chi connectivity index (χ2n) is 6.10. The van der Waals surface area contributed by atoms with Crippen LogP contribution in [0.4, 0.5) is 0 Å². The Hall–Kier alpha value is -0.960. The Kier molecular flexibility index (Phi) is 4.24. The van der Waals surface area contributed by atoms with E-state index < -0.39 is 0 Å². The van der Waals surface area contributed by atoms with Gasteiger partial charge in [0.25, 0.3) is 0 Å². The van der Waals surface area contributed by atoms with E-state index in [1.54, 1.807) is 0 Å². The number of rotatable bonds is 5. The normalized spacial score (nSPS) is 17.3. The number of hydrogen-bond donors (Lipinski definition) is 0. The van der Waals surface area contributed by atoms with Crippen molar-refractivity contribution in [2.75, 3.05) is 11.5 Å². The zero-order chi connectivity index (χ0) is 14.0. The third-order valence-electron chi connectivity index (χ3n) is 3.70. The summed E-state index contributed by atoms with van der Waals surface area (Å²) in [5.74, 6) is 2.38. The smallest absolute Gasteiger partial charge is 0.165 e. The molecule has 0 fully saturated rings. The van der Waals surface area contributed by atoms with Gasteiger partial charge in [-0.05, 0) is 24.8 Å². The van der Waals surface area contributed by atoms with Gasteiger partial charge in [0.2, 0.25) is 0 Å². The highest BCUT2D eigenvalue weighted by Crippen LogP contribution is 2.36. The molecule has 0 bridgehead atoms. The van der Waals surface area contributed by atoms with E-state index in [0.29, 0.717) is 12.2 Å². The van der Waals surface area contributed by atoms with Crippen LogP contribution in [-0.4, -0.2) is 21.9 Å². The largest absolute Gasteiger partial charge is 0.347 e. The summed E-state index contributed by atoms with van der Waals surface area (Å²) >= 11 is 1.89. The molecule has 0 atom stereocenters. The van der Waals surface area contributed by atoms with Crippen molar-refractivity contribution in [3.05, 3.63) is 35.7 Å². The van der Waals surface area contributed by atoms with Gasteiger partial charge < -0.3 is 4.57 Å². The van der Waals surface area contributed by atoms with Gasteiger partial charge in [0.15, 0.2) is 5.78 Å². The van der Waals surface area contributed by atoms with Crippen molar-refractivity contribution >= 4 is 17.5 Å². The Morgan fingerprint density at radius 2 is 2.21 bits per heavy atom. The number of hydrogen-bond acceptors (Lipinski definition) is 2. The number of aromatic nitrogens is 1. The Bertz CT molecular complexity index is 499.